The lowest BCUT2D eigenvalue weighted by atomic mass is 9.87. The summed E-state index contributed by atoms with van der Waals surface area (Å²) < 4.78 is 28.7. The van der Waals surface area contributed by atoms with Crippen LogP contribution in [0.1, 0.15) is 54.7 Å². The molecule has 0 aliphatic rings. The average molecular weight is 494 g/mol. The number of rotatable bonds is 7. The van der Waals surface area contributed by atoms with Crippen LogP contribution in [-0.4, -0.2) is 20.2 Å². The van der Waals surface area contributed by atoms with Gasteiger partial charge in [-0.1, -0.05) is 45.0 Å². The van der Waals surface area contributed by atoms with Crippen LogP contribution >= 0.6 is 0 Å². The third kappa shape index (κ3) is 6.93. The molecule has 0 saturated carbocycles. The first kappa shape index (κ1) is 26.0. The van der Waals surface area contributed by atoms with Crippen molar-refractivity contribution in [3.05, 3.63) is 89.0 Å². The van der Waals surface area contributed by atoms with E-state index in [-0.39, 0.29) is 28.7 Å². The molecule has 0 aliphatic carbocycles. The second kappa shape index (κ2) is 10.3. The van der Waals surface area contributed by atoms with Crippen LogP contribution in [0.3, 0.4) is 0 Å². The maximum atomic E-state index is 13.1. The van der Waals surface area contributed by atoms with Crippen LogP contribution in [0.25, 0.3) is 0 Å². The first-order valence-corrected chi connectivity index (χ1v) is 12.7. The van der Waals surface area contributed by atoms with E-state index in [1.54, 1.807) is 55.5 Å². The van der Waals surface area contributed by atoms with E-state index in [1.165, 1.54) is 6.92 Å². The predicted octanol–water partition coefficient (Wildman–Crippen LogP) is 4.98. The summed E-state index contributed by atoms with van der Waals surface area (Å²) in [6.45, 7) is 9.58. The van der Waals surface area contributed by atoms with Gasteiger partial charge in [-0.2, -0.15) is 0 Å². The first-order chi connectivity index (χ1) is 16.3. The molecule has 0 saturated heterocycles. The van der Waals surface area contributed by atoms with Gasteiger partial charge in [0.2, 0.25) is 5.91 Å². The molecule has 0 unspecified atom stereocenters. The summed E-state index contributed by atoms with van der Waals surface area (Å²) >= 11 is 0. The van der Waals surface area contributed by atoms with Gasteiger partial charge in [0, 0.05) is 30.4 Å². The Morgan fingerprint density at radius 2 is 1.57 bits per heavy atom. The minimum atomic E-state index is -3.80. The number of benzene rings is 3. The molecule has 0 bridgehead atoms. The number of carbonyl (C=O) groups excluding carboxylic acids is 2. The van der Waals surface area contributed by atoms with Crippen molar-refractivity contribution in [2.75, 3.05) is 10.0 Å². The molecule has 184 valence electrons. The molecule has 8 heteroatoms. The van der Waals surface area contributed by atoms with Crippen LogP contribution in [0.2, 0.25) is 0 Å². The lowest BCUT2D eigenvalue weighted by molar-refractivity contribution is -0.114. The third-order valence-corrected chi connectivity index (χ3v) is 6.97. The topological polar surface area (TPSA) is 104 Å². The fraction of sp³-hybridized carbons (Fsp3) is 0.259. The Bertz CT molecular complexity index is 1340. The zero-order chi connectivity index (χ0) is 25.8. The standard InChI is InChI=1S/C27H31N3O4S/c1-18-9-12-22(27(3,4)5)16-25(18)35(33,34)30-23-13-10-21(11-14-23)26(32)28-17-20-7-6-8-24(15-20)29-19(2)31/h6-16,30H,17H2,1-5H3,(H,28,32)(H,29,31). The minimum Gasteiger partial charge on any atom is -0.348 e. The minimum absolute atomic E-state index is 0.168. The lowest BCUT2D eigenvalue weighted by Crippen LogP contribution is -2.23. The molecule has 7 nitrogen and oxygen atoms in total. The van der Waals surface area contributed by atoms with Crippen LogP contribution in [0.4, 0.5) is 11.4 Å². The number of hydrogen-bond acceptors (Lipinski definition) is 4. The zero-order valence-corrected chi connectivity index (χ0v) is 21.4. The predicted molar refractivity (Wildman–Crippen MR) is 139 cm³/mol. The van der Waals surface area contributed by atoms with Crippen molar-refractivity contribution < 1.29 is 18.0 Å². The number of carbonyl (C=O) groups is 2. The van der Waals surface area contributed by atoms with Gasteiger partial charge in [-0.05, 0) is 71.5 Å². The normalized spacial score (nSPS) is 11.6. The van der Waals surface area contributed by atoms with Gasteiger partial charge in [-0.15, -0.1) is 0 Å². The summed E-state index contributed by atoms with van der Waals surface area (Å²) in [5.41, 5.74) is 3.66. The Hall–Kier alpha value is -3.65. The smallest absolute Gasteiger partial charge is 0.262 e. The maximum absolute atomic E-state index is 13.1. The highest BCUT2D eigenvalue weighted by Gasteiger charge is 2.21. The summed E-state index contributed by atoms with van der Waals surface area (Å²) in [4.78, 5) is 24.0. The Balaban J connectivity index is 1.68. The zero-order valence-electron chi connectivity index (χ0n) is 20.6. The lowest BCUT2D eigenvalue weighted by Gasteiger charge is -2.21. The van der Waals surface area contributed by atoms with E-state index in [4.69, 9.17) is 0 Å². The highest BCUT2D eigenvalue weighted by atomic mass is 32.2. The second-order valence-electron chi connectivity index (χ2n) is 9.48. The summed E-state index contributed by atoms with van der Waals surface area (Å²) in [7, 11) is -3.80. The molecule has 0 fully saturated rings. The quantitative estimate of drug-likeness (QED) is 0.432. The van der Waals surface area contributed by atoms with Crippen molar-refractivity contribution in [2.24, 2.45) is 0 Å². The molecule has 3 aromatic carbocycles. The molecule has 3 aromatic rings. The number of aryl methyl sites for hydroxylation is 1. The van der Waals surface area contributed by atoms with Crippen molar-refractivity contribution in [3.63, 3.8) is 0 Å². The molecule has 0 heterocycles. The number of hydrogen-bond donors (Lipinski definition) is 3. The fourth-order valence-corrected chi connectivity index (χ4v) is 4.83. The summed E-state index contributed by atoms with van der Waals surface area (Å²) in [5.74, 6) is -0.461. The monoisotopic (exact) mass is 493 g/mol. The van der Waals surface area contributed by atoms with Crippen molar-refractivity contribution in [3.8, 4) is 0 Å². The van der Waals surface area contributed by atoms with E-state index in [9.17, 15) is 18.0 Å². The maximum Gasteiger partial charge on any atom is 0.262 e. The van der Waals surface area contributed by atoms with E-state index in [1.807, 2.05) is 39.0 Å². The average Bonchev–Trinajstić information content (AvgIpc) is 2.77. The van der Waals surface area contributed by atoms with Gasteiger partial charge in [-0.3, -0.25) is 14.3 Å². The molecular formula is C27H31N3O4S. The van der Waals surface area contributed by atoms with Gasteiger partial charge in [-0.25, -0.2) is 8.42 Å². The van der Waals surface area contributed by atoms with Gasteiger partial charge in [0.25, 0.3) is 15.9 Å². The molecular weight excluding hydrogens is 462 g/mol. The van der Waals surface area contributed by atoms with E-state index in [2.05, 4.69) is 15.4 Å². The fourth-order valence-electron chi connectivity index (χ4n) is 3.50. The van der Waals surface area contributed by atoms with Crippen molar-refractivity contribution in [1.82, 2.24) is 5.32 Å². The molecule has 0 aliphatic heterocycles. The number of nitrogens with one attached hydrogen (secondary N) is 3. The van der Waals surface area contributed by atoms with E-state index >= 15 is 0 Å². The molecule has 0 atom stereocenters. The molecule has 35 heavy (non-hydrogen) atoms. The molecule has 0 aromatic heterocycles. The number of sulfonamides is 1. The van der Waals surface area contributed by atoms with Gasteiger partial charge in [0.1, 0.15) is 0 Å². The SMILES string of the molecule is CC(=O)Nc1cccc(CNC(=O)c2ccc(NS(=O)(=O)c3cc(C(C)(C)C)ccc3C)cc2)c1. The Morgan fingerprint density at radius 3 is 2.20 bits per heavy atom. The number of anilines is 2. The third-order valence-electron chi connectivity index (χ3n) is 5.44. The second-order valence-corrected chi connectivity index (χ2v) is 11.1. The van der Waals surface area contributed by atoms with E-state index in [0.29, 0.717) is 22.5 Å². The highest BCUT2D eigenvalue weighted by molar-refractivity contribution is 7.92. The molecule has 2 amide bonds. The molecule has 0 spiro atoms. The molecule has 3 rings (SSSR count). The highest BCUT2D eigenvalue weighted by Crippen LogP contribution is 2.28. The summed E-state index contributed by atoms with van der Waals surface area (Å²) in [6, 6.07) is 18.9. The van der Waals surface area contributed by atoms with Crippen LogP contribution in [0.15, 0.2) is 71.6 Å². The van der Waals surface area contributed by atoms with Gasteiger partial charge in [0.15, 0.2) is 0 Å². The largest absolute Gasteiger partial charge is 0.348 e. The molecule has 3 N–H and O–H groups in total. The van der Waals surface area contributed by atoms with Crippen LogP contribution in [0.5, 0.6) is 0 Å². The van der Waals surface area contributed by atoms with Crippen LogP contribution in [0, 0.1) is 6.92 Å². The van der Waals surface area contributed by atoms with E-state index < -0.39 is 10.0 Å². The van der Waals surface area contributed by atoms with Crippen LogP contribution in [-0.2, 0) is 26.8 Å². The Kier molecular flexibility index (Phi) is 7.65. The van der Waals surface area contributed by atoms with Gasteiger partial charge >= 0.3 is 0 Å². The summed E-state index contributed by atoms with van der Waals surface area (Å²) in [5, 5.41) is 5.53. The van der Waals surface area contributed by atoms with Gasteiger partial charge in [0.05, 0.1) is 4.90 Å². The Morgan fingerprint density at radius 1 is 0.886 bits per heavy atom. The number of amides is 2. The Labute approximate surface area is 207 Å². The van der Waals surface area contributed by atoms with Crippen LogP contribution < -0.4 is 15.4 Å². The van der Waals surface area contributed by atoms with Crippen molar-refractivity contribution in [1.29, 1.82) is 0 Å². The summed E-state index contributed by atoms with van der Waals surface area (Å²) in [6.07, 6.45) is 0. The van der Waals surface area contributed by atoms with E-state index in [0.717, 1.165) is 11.1 Å². The van der Waals surface area contributed by atoms with Crippen molar-refractivity contribution in [2.45, 2.75) is 51.5 Å². The molecule has 0 radical (unpaired) electrons. The first-order valence-electron chi connectivity index (χ1n) is 11.2. The van der Waals surface area contributed by atoms with Gasteiger partial charge < -0.3 is 10.6 Å². The van der Waals surface area contributed by atoms with Crippen molar-refractivity contribution >= 4 is 33.2 Å².